The van der Waals surface area contributed by atoms with Crippen molar-refractivity contribution < 1.29 is 0 Å². The molecule has 9 aromatic carbocycles. The molecule has 9 aromatic rings. The van der Waals surface area contributed by atoms with Crippen LogP contribution in [0.25, 0.3) is 65.7 Å². The lowest BCUT2D eigenvalue weighted by Crippen LogP contribution is -2.16. The van der Waals surface area contributed by atoms with Crippen LogP contribution >= 0.6 is 0 Å². The molecule has 0 fully saturated rings. The van der Waals surface area contributed by atoms with E-state index < -0.39 is 0 Å². The van der Waals surface area contributed by atoms with Gasteiger partial charge in [-0.05, 0) is 108 Å². The molecule has 0 spiro atoms. The fraction of sp³-hybridized carbons (Fsp3) is 0.0588. The van der Waals surface area contributed by atoms with E-state index in [2.05, 4.69) is 207 Å². The van der Waals surface area contributed by atoms with Crippen LogP contribution in [0.15, 0.2) is 188 Å². The number of hydrogen-bond acceptors (Lipinski definition) is 1. The second-order valence-corrected chi connectivity index (χ2v) is 14.6. The maximum Gasteiger partial charge on any atom is 0.0543 e. The summed E-state index contributed by atoms with van der Waals surface area (Å²) in [5.74, 6) is 0. The summed E-state index contributed by atoms with van der Waals surface area (Å²) in [6, 6.07) is 69.1. The Labute approximate surface area is 305 Å². The first-order valence-electron chi connectivity index (χ1n) is 18.2. The van der Waals surface area contributed by atoms with Gasteiger partial charge in [-0.3, -0.25) is 0 Å². The van der Waals surface area contributed by atoms with E-state index in [1.54, 1.807) is 0 Å². The average molecular weight is 664 g/mol. The highest BCUT2D eigenvalue weighted by molar-refractivity contribution is 6.20. The first kappa shape index (κ1) is 30.4. The third kappa shape index (κ3) is 4.77. The monoisotopic (exact) mass is 663 g/mol. The molecule has 0 aromatic heterocycles. The molecule has 1 aliphatic rings. The van der Waals surface area contributed by atoms with Crippen LogP contribution in [-0.2, 0) is 5.41 Å². The molecule has 0 radical (unpaired) electrons. The molecule has 0 aliphatic heterocycles. The minimum Gasteiger partial charge on any atom is -0.310 e. The van der Waals surface area contributed by atoms with Gasteiger partial charge in [0.15, 0.2) is 0 Å². The summed E-state index contributed by atoms with van der Waals surface area (Å²) in [5.41, 5.74) is 13.6. The van der Waals surface area contributed by atoms with E-state index in [-0.39, 0.29) is 5.41 Å². The van der Waals surface area contributed by atoms with Gasteiger partial charge >= 0.3 is 0 Å². The van der Waals surface area contributed by atoms with Gasteiger partial charge < -0.3 is 4.90 Å². The summed E-state index contributed by atoms with van der Waals surface area (Å²) >= 11 is 0. The second kappa shape index (κ2) is 11.8. The fourth-order valence-electron chi connectivity index (χ4n) is 8.62. The Bertz CT molecular complexity index is 2810. The Hall–Kier alpha value is -6.44. The van der Waals surface area contributed by atoms with E-state index in [0.717, 1.165) is 11.4 Å². The highest BCUT2D eigenvalue weighted by Crippen LogP contribution is 2.54. The Morgan fingerprint density at radius 1 is 0.385 bits per heavy atom. The Balaban J connectivity index is 1.11. The molecule has 10 rings (SSSR count). The third-order valence-corrected chi connectivity index (χ3v) is 11.2. The minimum atomic E-state index is -0.0863. The van der Waals surface area contributed by atoms with Crippen LogP contribution < -0.4 is 4.90 Å². The van der Waals surface area contributed by atoms with Gasteiger partial charge in [-0.1, -0.05) is 166 Å². The number of nitrogens with zero attached hydrogens (tertiary/aromatic N) is 1. The van der Waals surface area contributed by atoms with E-state index in [1.165, 1.54) is 82.5 Å². The first-order chi connectivity index (χ1) is 25.5. The number of benzene rings is 9. The first-order valence-corrected chi connectivity index (χ1v) is 18.2. The minimum absolute atomic E-state index is 0.0863. The highest BCUT2D eigenvalue weighted by Gasteiger charge is 2.37. The maximum absolute atomic E-state index is 2.45. The zero-order chi connectivity index (χ0) is 34.8. The van der Waals surface area contributed by atoms with Crippen molar-refractivity contribution in [3.05, 3.63) is 199 Å². The molecule has 1 nitrogen and oxygen atoms in total. The quantitative estimate of drug-likeness (QED) is 0.166. The topological polar surface area (TPSA) is 3.24 Å². The number of anilines is 3. The van der Waals surface area contributed by atoms with Gasteiger partial charge in [-0.15, -0.1) is 0 Å². The molecule has 52 heavy (non-hydrogen) atoms. The van der Waals surface area contributed by atoms with Crippen LogP contribution in [0.2, 0.25) is 0 Å². The van der Waals surface area contributed by atoms with Gasteiger partial charge in [0.2, 0.25) is 0 Å². The molecule has 1 aliphatic carbocycles. The van der Waals surface area contributed by atoms with Crippen LogP contribution in [0, 0.1) is 0 Å². The average Bonchev–Trinajstić information content (AvgIpc) is 3.44. The van der Waals surface area contributed by atoms with Crippen molar-refractivity contribution in [3.8, 4) is 33.4 Å². The standard InChI is InChI=1S/C51H37N/c1-51(2)46-19-9-8-18-45(46)50-47(51)20-11-21-48(50)52(42-16-10-15-38(33-42)34-12-4-3-5-13-34)41-29-26-35(27-30-41)39-28-31-44-40(32-39)25-24-37-23-22-36-14-6-7-17-43(36)49(37)44/h3-33H,1-2H3. The lowest BCUT2D eigenvalue weighted by atomic mass is 9.82. The van der Waals surface area contributed by atoms with Gasteiger partial charge in [0.05, 0.1) is 5.69 Å². The smallest absolute Gasteiger partial charge is 0.0543 e. The Kier molecular flexibility index (Phi) is 6.91. The molecule has 0 bridgehead atoms. The third-order valence-electron chi connectivity index (χ3n) is 11.2. The van der Waals surface area contributed by atoms with E-state index in [0.29, 0.717) is 0 Å². The number of hydrogen-bond donors (Lipinski definition) is 0. The van der Waals surface area contributed by atoms with Crippen LogP contribution in [0.1, 0.15) is 25.0 Å². The second-order valence-electron chi connectivity index (χ2n) is 14.6. The normalized spacial score (nSPS) is 13.0. The van der Waals surface area contributed by atoms with Gasteiger partial charge in [0, 0.05) is 22.4 Å². The SMILES string of the molecule is CC1(C)c2ccccc2-c2c(N(c3ccc(-c4ccc5c(ccc6ccc7ccccc7c65)c4)cc3)c3cccc(-c4ccccc4)c3)cccc21. The van der Waals surface area contributed by atoms with E-state index in [4.69, 9.17) is 0 Å². The lowest BCUT2D eigenvalue weighted by Gasteiger charge is -2.29. The molecule has 246 valence electrons. The van der Waals surface area contributed by atoms with Crippen molar-refractivity contribution in [2.45, 2.75) is 19.3 Å². The van der Waals surface area contributed by atoms with Gasteiger partial charge in [0.1, 0.15) is 0 Å². The van der Waals surface area contributed by atoms with Crippen LogP contribution in [0.5, 0.6) is 0 Å². The zero-order valence-corrected chi connectivity index (χ0v) is 29.3. The van der Waals surface area contributed by atoms with Gasteiger partial charge in [-0.2, -0.15) is 0 Å². The van der Waals surface area contributed by atoms with Gasteiger partial charge in [-0.25, -0.2) is 0 Å². The molecular formula is C51H37N. The molecule has 0 unspecified atom stereocenters. The number of fused-ring (bicyclic) bond motifs is 8. The maximum atomic E-state index is 2.45. The largest absolute Gasteiger partial charge is 0.310 e. The Morgan fingerprint density at radius 3 is 1.87 bits per heavy atom. The predicted molar refractivity (Wildman–Crippen MR) is 222 cm³/mol. The summed E-state index contributed by atoms with van der Waals surface area (Å²) in [6.07, 6.45) is 0. The van der Waals surface area contributed by atoms with Crippen LogP contribution in [-0.4, -0.2) is 0 Å². The fourth-order valence-corrected chi connectivity index (χ4v) is 8.62. The molecule has 0 atom stereocenters. The van der Waals surface area contributed by atoms with Crippen LogP contribution in [0.3, 0.4) is 0 Å². The van der Waals surface area contributed by atoms with E-state index >= 15 is 0 Å². The zero-order valence-electron chi connectivity index (χ0n) is 29.3. The summed E-state index contributed by atoms with van der Waals surface area (Å²) < 4.78 is 0. The van der Waals surface area contributed by atoms with Gasteiger partial charge in [0.25, 0.3) is 0 Å². The summed E-state index contributed by atoms with van der Waals surface area (Å²) in [4.78, 5) is 2.45. The molecule has 1 heteroatoms. The molecule has 0 amide bonds. The predicted octanol–water partition coefficient (Wildman–Crippen LogP) is 14.3. The molecule has 0 heterocycles. The Morgan fingerprint density at radius 2 is 1.00 bits per heavy atom. The van der Waals surface area contributed by atoms with Crippen molar-refractivity contribution in [2.75, 3.05) is 4.90 Å². The molecule has 0 saturated heterocycles. The van der Waals surface area contributed by atoms with Crippen molar-refractivity contribution in [1.82, 2.24) is 0 Å². The lowest BCUT2D eigenvalue weighted by molar-refractivity contribution is 0.660. The van der Waals surface area contributed by atoms with Crippen LogP contribution in [0.4, 0.5) is 17.1 Å². The van der Waals surface area contributed by atoms with Crippen molar-refractivity contribution in [2.24, 2.45) is 0 Å². The van der Waals surface area contributed by atoms with Crippen molar-refractivity contribution >= 4 is 49.4 Å². The van der Waals surface area contributed by atoms with Crippen molar-refractivity contribution in [1.29, 1.82) is 0 Å². The summed E-state index contributed by atoms with van der Waals surface area (Å²) in [6.45, 7) is 4.71. The molecular weight excluding hydrogens is 627 g/mol. The van der Waals surface area contributed by atoms with E-state index in [1.807, 2.05) is 0 Å². The number of rotatable bonds is 5. The summed E-state index contributed by atoms with van der Waals surface area (Å²) in [7, 11) is 0. The van der Waals surface area contributed by atoms with Crippen molar-refractivity contribution in [3.63, 3.8) is 0 Å². The summed E-state index contributed by atoms with van der Waals surface area (Å²) in [5, 5.41) is 7.73. The molecule has 0 N–H and O–H groups in total. The molecule has 0 saturated carbocycles. The highest BCUT2D eigenvalue weighted by atomic mass is 15.1. The van der Waals surface area contributed by atoms with E-state index in [9.17, 15) is 0 Å².